The zero-order valence-electron chi connectivity index (χ0n) is 12.1. The normalized spacial score (nSPS) is 10.7. The van der Waals surface area contributed by atoms with Crippen LogP contribution in [0.2, 0.25) is 0 Å². The fourth-order valence-electron chi connectivity index (χ4n) is 2.33. The van der Waals surface area contributed by atoms with Crippen LogP contribution in [0.4, 0.5) is 0 Å². The van der Waals surface area contributed by atoms with E-state index in [4.69, 9.17) is 0 Å². The molecule has 0 aliphatic rings. The van der Waals surface area contributed by atoms with Crippen molar-refractivity contribution < 1.29 is 5.11 Å². The third kappa shape index (κ3) is 3.42. The standard InChI is InChI=1S/C16H20N2O3/c1-2-3-4-8-11-18-15(20)13(14(19)17-16(18)21)12-9-6-5-7-10-12/h5-7,9-10,20H,2-4,8,11H2,1H3,(H,17,19,21). The summed E-state index contributed by atoms with van der Waals surface area (Å²) in [7, 11) is 0. The van der Waals surface area contributed by atoms with E-state index in [1.807, 2.05) is 6.07 Å². The summed E-state index contributed by atoms with van der Waals surface area (Å²) in [5.41, 5.74) is -0.383. The molecule has 0 unspecified atom stereocenters. The number of H-pyrrole nitrogens is 1. The van der Waals surface area contributed by atoms with Crippen LogP contribution in [-0.2, 0) is 6.54 Å². The predicted octanol–water partition coefficient (Wildman–Crippen LogP) is 2.49. The number of aromatic hydroxyl groups is 1. The van der Waals surface area contributed by atoms with Gasteiger partial charge in [0.2, 0.25) is 5.88 Å². The maximum absolute atomic E-state index is 12.0. The monoisotopic (exact) mass is 288 g/mol. The molecule has 0 saturated carbocycles. The number of aromatic nitrogens is 2. The van der Waals surface area contributed by atoms with E-state index >= 15 is 0 Å². The van der Waals surface area contributed by atoms with Gasteiger partial charge < -0.3 is 5.11 Å². The summed E-state index contributed by atoms with van der Waals surface area (Å²) in [6, 6.07) is 8.86. The number of nitrogens with one attached hydrogen (secondary N) is 1. The molecular formula is C16H20N2O3. The molecule has 2 N–H and O–H groups in total. The first-order valence-electron chi connectivity index (χ1n) is 7.26. The summed E-state index contributed by atoms with van der Waals surface area (Å²) in [5, 5.41) is 10.3. The molecule has 0 aliphatic carbocycles. The minimum absolute atomic E-state index is 0.144. The number of hydrogen-bond donors (Lipinski definition) is 2. The lowest BCUT2D eigenvalue weighted by Crippen LogP contribution is -2.31. The molecule has 21 heavy (non-hydrogen) atoms. The molecular weight excluding hydrogens is 268 g/mol. The van der Waals surface area contributed by atoms with Crippen molar-refractivity contribution in [3.63, 3.8) is 0 Å². The second kappa shape index (κ2) is 6.92. The lowest BCUT2D eigenvalue weighted by molar-refractivity contribution is 0.395. The summed E-state index contributed by atoms with van der Waals surface area (Å²) >= 11 is 0. The molecule has 0 saturated heterocycles. The molecule has 0 fully saturated rings. The van der Waals surface area contributed by atoms with Crippen LogP contribution in [0.25, 0.3) is 11.1 Å². The van der Waals surface area contributed by atoms with Crippen LogP contribution in [0.3, 0.4) is 0 Å². The van der Waals surface area contributed by atoms with Crippen LogP contribution in [-0.4, -0.2) is 14.7 Å². The Labute approximate surface area is 122 Å². The predicted molar refractivity (Wildman–Crippen MR) is 82.6 cm³/mol. The van der Waals surface area contributed by atoms with Crippen LogP contribution in [0.15, 0.2) is 39.9 Å². The second-order valence-corrected chi connectivity index (χ2v) is 5.04. The van der Waals surface area contributed by atoms with Gasteiger partial charge in [0.1, 0.15) is 5.56 Å². The first-order chi connectivity index (χ1) is 10.1. The van der Waals surface area contributed by atoms with E-state index in [1.165, 1.54) is 4.57 Å². The molecule has 0 atom stereocenters. The van der Waals surface area contributed by atoms with Gasteiger partial charge in [-0.1, -0.05) is 56.5 Å². The lowest BCUT2D eigenvalue weighted by atomic mass is 10.1. The zero-order chi connectivity index (χ0) is 15.2. The number of unbranched alkanes of at least 4 members (excludes halogenated alkanes) is 3. The van der Waals surface area contributed by atoms with E-state index in [1.54, 1.807) is 24.3 Å². The van der Waals surface area contributed by atoms with Crippen molar-refractivity contribution in [3.05, 3.63) is 51.2 Å². The maximum atomic E-state index is 12.0. The Morgan fingerprint density at radius 1 is 1.10 bits per heavy atom. The molecule has 1 aromatic heterocycles. The Hall–Kier alpha value is -2.30. The van der Waals surface area contributed by atoms with Crippen LogP contribution in [0, 0.1) is 0 Å². The summed E-state index contributed by atoms with van der Waals surface area (Å²) in [6.07, 6.45) is 3.97. The molecule has 2 aromatic rings. The van der Waals surface area contributed by atoms with Crippen molar-refractivity contribution in [2.45, 2.75) is 39.2 Å². The minimum atomic E-state index is -0.562. The van der Waals surface area contributed by atoms with Gasteiger partial charge in [-0.3, -0.25) is 14.3 Å². The van der Waals surface area contributed by atoms with Crippen molar-refractivity contribution in [1.82, 2.24) is 9.55 Å². The molecule has 0 bridgehead atoms. The van der Waals surface area contributed by atoms with Crippen LogP contribution < -0.4 is 11.2 Å². The minimum Gasteiger partial charge on any atom is -0.494 e. The maximum Gasteiger partial charge on any atom is 0.331 e. The molecule has 2 rings (SSSR count). The van der Waals surface area contributed by atoms with Gasteiger partial charge >= 0.3 is 5.69 Å². The molecule has 5 heteroatoms. The summed E-state index contributed by atoms with van der Waals surface area (Å²) < 4.78 is 1.24. The largest absolute Gasteiger partial charge is 0.494 e. The molecule has 0 amide bonds. The van der Waals surface area contributed by atoms with Gasteiger partial charge in [-0.05, 0) is 12.0 Å². The van der Waals surface area contributed by atoms with E-state index in [0.717, 1.165) is 25.7 Å². The first-order valence-corrected chi connectivity index (χ1v) is 7.26. The van der Waals surface area contributed by atoms with Crippen LogP contribution >= 0.6 is 0 Å². The Bertz CT molecular complexity index is 702. The van der Waals surface area contributed by atoms with Gasteiger partial charge in [0.15, 0.2) is 0 Å². The molecule has 0 aliphatic heterocycles. The number of aromatic amines is 1. The quantitative estimate of drug-likeness (QED) is 0.802. The average molecular weight is 288 g/mol. The Morgan fingerprint density at radius 3 is 2.48 bits per heavy atom. The fraction of sp³-hybridized carbons (Fsp3) is 0.375. The third-order valence-electron chi connectivity index (χ3n) is 3.47. The molecule has 5 nitrogen and oxygen atoms in total. The van der Waals surface area contributed by atoms with Gasteiger partial charge in [-0.25, -0.2) is 4.79 Å². The van der Waals surface area contributed by atoms with Crippen molar-refractivity contribution in [1.29, 1.82) is 0 Å². The number of nitrogens with zero attached hydrogens (tertiary/aromatic N) is 1. The smallest absolute Gasteiger partial charge is 0.331 e. The molecule has 1 heterocycles. The third-order valence-corrected chi connectivity index (χ3v) is 3.47. The van der Waals surface area contributed by atoms with Crippen molar-refractivity contribution >= 4 is 0 Å². The van der Waals surface area contributed by atoms with Crippen molar-refractivity contribution in [3.8, 4) is 17.0 Å². The van der Waals surface area contributed by atoms with E-state index in [2.05, 4.69) is 11.9 Å². The summed E-state index contributed by atoms with van der Waals surface area (Å²) in [4.78, 5) is 26.1. The molecule has 0 spiro atoms. The fourth-order valence-corrected chi connectivity index (χ4v) is 2.33. The number of hydrogen-bond acceptors (Lipinski definition) is 3. The van der Waals surface area contributed by atoms with E-state index in [0.29, 0.717) is 12.1 Å². The highest BCUT2D eigenvalue weighted by Gasteiger charge is 2.15. The number of rotatable bonds is 6. The average Bonchev–Trinajstić information content (AvgIpc) is 2.47. The Balaban J connectivity index is 2.39. The lowest BCUT2D eigenvalue weighted by Gasteiger charge is -2.11. The van der Waals surface area contributed by atoms with Gasteiger partial charge in [-0.2, -0.15) is 0 Å². The van der Waals surface area contributed by atoms with Crippen LogP contribution in [0.5, 0.6) is 5.88 Å². The van der Waals surface area contributed by atoms with Gasteiger partial charge in [-0.15, -0.1) is 0 Å². The molecule has 0 radical (unpaired) electrons. The molecule has 112 valence electrons. The van der Waals surface area contributed by atoms with E-state index < -0.39 is 11.2 Å². The zero-order valence-corrected chi connectivity index (χ0v) is 12.1. The van der Waals surface area contributed by atoms with Gasteiger partial charge in [0.25, 0.3) is 5.56 Å². The summed E-state index contributed by atoms with van der Waals surface area (Å²) in [5.74, 6) is -0.258. The molecule has 1 aromatic carbocycles. The van der Waals surface area contributed by atoms with Crippen molar-refractivity contribution in [2.75, 3.05) is 0 Å². The summed E-state index contributed by atoms with van der Waals surface area (Å²) in [6.45, 7) is 2.51. The highest BCUT2D eigenvalue weighted by atomic mass is 16.3. The number of benzene rings is 1. The van der Waals surface area contributed by atoms with Gasteiger partial charge in [0, 0.05) is 6.54 Å². The van der Waals surface area contributed by atoms with Crippen molar-refractivity contribution in [2.24, 2.45) is 0 Å². The second-order valence-electron chi connectivity index (χ2n) is 5.04. The Kier molecular flexibility index (Phi) is 4.98. The topological polar surface area (TPSA) is 75.1 Å². The Morgan fingerprint density at radius 2 is 1.81 bits per heavy atom. The highest BCUT2D eigenvalue weighted by Crippen LogP contribution is 2.23. The van der Waals surface area contributed by atoms with Crippen LogP contribution in [0.1, 0.15) is 32.6 Å². The first kappa shape index (κ1) is 15.1. The highest BCUT2D eigenvalue weighted by molar-refractivity contribution is 5.67. The van der Waals surface area contributed by atoms with E-state index in [-0.39, 0.29) is 11.4 Å². The van der Waals surface area contributed by atoms with E-state index in [9.17, 15) is 14.7 Å². The van der Waals surface area contributed by atoms with Gasteiger partial charge in [0.05, 0.1) is 0 Å². The SMILES string of the molecule is CCCCCCn1c(O)c(-c2ccccc2)c(=O)[nH]c1=O.